The van der Waals surface area contributed by atoms with Crippen molar-refractivity contribution in [1.29, 1.82) is 0 Å². The quantitative estimate of drug-likeness (QED) is 0.786. The lowest BCUT2D eigenvalue weighted by molar-refractivity contribution is 0.561. The van der Waals surface area contributed by atoms with Crippen LogP contribution in [0.5, 0.6) is 0 Å². The number of hydrogen-bond acceptors (Lipinski definition) is 1. The number of fused-ring (bicyclic) bond motifs is 1. The van der Waals surface area contributed by atoms with Gasteiger partial charge in [0.05, 0.1) is 6.04 Å². The molecule has 3 heteroatoms. The van der Waals surface area contributed by atoms with Crippen LogP contribution >= 0.6 is 23.2 Å². The summed E-state index contributed by atoms with van der Waals surface area (Å²) in [6.45, 7) is 5.40. The van der Waals surface area contributed by atoms with E-state index in [1.165, 1.54) is 22.3 Å². The summed E-state index contributed by atoms with van der Waals surface area (Å²) in [4.78, 5) is 0. The second kappa shape index (κ2) is 6.00. The van der Waals surface area contributed by atoms with Crippen LogP contribution in [0.15, 0.2) is 36.4 Å². The molecule has 1 heterocycles. The van der Waals surface area contributed by atoms with E-state index in [1.807, 2.05) is 6.07 Å². The monoisotopic (exact) mass is 319 g/mol. The van der Waals surface area contributed by atoms with Crippen molar-refractivity contribution in [3.63, 3.8) is 0 Å². The highest BCUT2D eigenvalue weighted by molar-refractivity contribution is 6.35. The SMILES string of the molecule is CC(C)c1ccccc1C1NCCc2cc(Cl)cc(Cl)c21. The standard InChI is InChI=1S/C18H19Cl2N/c1-11(2)14-5-3-4-6-15(14)18-17-12(7-8-21-18)9-13(19)10-16(17)20/h3-6,9-11,18,21H,7-8H2,1-2H3. The molecule has 1 aliphatic rings. The maximum atomic E-state index is 6.50. The molecular formula is C18H19Cl2N. The molecule has 0 bridgehead atoms. The molecule has 0 spiro atoms. The van der Waals surface area contributed by atoms with E-state index in [0.29, 0.717) is 5.92 Å². The summed E-state index contributed by atoms with van der Waals surface area (Å²) in [6.07, 6.45) is 0.968. The van der Waals surface area contributed by atoms with Gasteiger partial charge in [0.2, 0.25) is 0 Å². The molecule has 1 atom stereocenters. The zero-order valence-electron chi connectivity index (χ0n) is 12.3. The zero-order valence-corrected chi connectivity index (χ0v) is 13.8. The lowest BCUT2D eigenvalue weighted by Crippen LogP contribution is -2.31. The van der Waals surface area contributed by atoms with E-state index in [4.69, 9.17) is 23.2 Å². The van der Waals surface area contributed by atoms with Gasteiger partial charge in [0.15, 0.2) is 0 Å². The van der Waals surface area contributed by atoms with E-state index in [0.717, 1.165) is 23.0 Å². The molecule has 0 saturated carbocycles. The molecule has 3 rings (SSSR count). The van der Waals surface area contributed by atoms with Crippen LogP contribution in [0.4, 0.5) is 0 Å². The molecule has 1 N–H and O–H groups in total. The second-order valence-corrected chi connectivity index (χ2v) is 6.72. The Kier molecular flexibility index (Phi) is 4.26. The van der Waals surface area contributed by atoms with E-state index in [1.54, 1.807) is 0 Å². The van der Waals surface area contributed by atoms with Gasteiger partial charge in [-0.25, -0.2) is 0 Å². The van der Waals surface area contributed by atoms with Gasteiger partial charge in [0.25, 0.3) is 0 Å². The van der Waals surface area contributed by atoms with Gasteiger partial charge in [0, 0.05) is 16.6 Å². The molecule has 2 aromatic carbocycles. The van der Waals surface area contributed by atoms with Crippen LogP contribution in [0.2, 0.25) is 10.0 Å². The van der Waals surface area contributed by atoms with Crippen LogP contribution in [-0.2, 0) is 6.42 Å². The van der Waals surface area contributed by atoms with Crippen molar-refractivity contribution in [3.8, 4) is 0 Å². The topological polar surface area (TPSA) is 12.0 Å². The Bertz CT molecular complexity index is 664. The molecule has 1 unspecified atom stereocenters. The molecule has 1 aliphatic heterocycles. The fraction of sp³-hybridized carbons (Fsp3) is 0.333. The van der Waals surface area contributed by atoms with Crippen LogP contribution in [0.25, 0.3) is 0 Å². The van der Waals surface area contributed by atoms with Crippen molar-refractivity contribution in [1.82, 2.24) is 5.32 Å². The Labute approximate surface area is 136 Å². The van der Waals surface area contributed by atoms with Gasteiger partial charge >= 0.3 is 0 Å². The minimum absolute atomic E-state index is 0.150. The van der Waals surface area contributed by atoms with Gasteiger partial charge in [-0.3, -0.25) is 0 Å². The van der Waals surface area contributed by atoms with Crippen LogP contribution in [0, 0.1) is 0 Å². The van der Waals surface area contributed by atoms with Crippen molar-refractivity contribution < 1.29 is 0 Å². The fourth-order valence-electron chi connectivity index (χ4n) is 3.19. The summed E-state index contributed by atoms with van der Waals surface area (Å²) in [7, 11) is 0. The Morgan fingerprint density at radius 3 is 2.67 bits per heavy atom. The molecule has 0 fully saturated rings. The summed E-state index contributed by atoms with van der Waals surface area (Å²) in [5, 5.41) is 5.10. The first-order chi connectivity index (χ1) is 10.1. The van der Waals surface area contributed by atoms with Gasteiger partial charge < -0.3 is 5.32 Å². The lowest BCUT2D eigenvalue weighted by Gasteiger charge is -2.30. The Hall–Kier alpha value is -1.02. The largest absolute Gasteiger partial charge is 0.306 e. The van der Waals surface area contributed by atoms with Gasteiger partial charge in [-0.15, -0.1) is 0 Å². The van der Waals surface area contributed by atoms with E-state index < -0.39 is 0 Å². The number of rotatable bonds is 2. The zero-order chi connectivity index (χ0) is 15.0. The van der Waals surface area contributed by atoms with Gasteiger partial charge in [-0.05, 0) is 46.7 Å². The third-order valence-electron chi connectivity index (χ3n) is 4.14. The predicted molar refractivity (Wildman–Crippen MR) is 90.5 cm³/mol. The molecule has 0 aliphatic carbocycles. The predicted octanol–water partition coefficient (Wildman–Crippen LogP) is 5.35. The maximum absolute atomic E-state index is 6.50. The van der Waals surface area contributed by atoms with Crippen molar-refractivity contribution in [3.05, 3.63) is 68.7 Å². The third kappa shape index (κ3) is 2.83. The molecule has 21 heavy (non-hydrogen) atoms. The molecule has 0 radical (unpaired) electrons. The first-order valence-electron chi connectivity index (χ1n) is 7.38. The molecule has 2 aromatic rings. The molecular weight excluding hydrogens is 301 g/mol. The summed E-state index contributed by atoms with van der Waals surface area (Å²) in [5.41, 5.74) is 5.13. The molecule has 0 saturated heterocycles. The van der Waals surface area contributed by atoms with Crippen LogP contribution < -0.4 is 5.32 Å². The molecule has 0 aromatic heterocycles. The summed E-state index contributed by atoms with van der Waals surface area (Å²) in [5.74, 6) is 0.486. The van der Waals surface area contributed by atoms with E-state index in [2.05, 4.69) is 49.5 Å². The Morgan fingerprint density at radius 2 is 1.90 bits per heavy atom. The first-order valence-corrected chi connectivity index (χ1v) is 8.13. The van der Waals surface area contributed by atoms with Gasteiger partial charge in [-0.2, -0.15) is 0 Å². The van der Waals surface area contributed by atoms with Gasteiger partial charge in [0.1, 0.15) is 0 Å². The van der Waals surface area contributed by atoms with Crippen LogP contribution in [0.3, 0.4) is 0 Å². The average molecular weight is 320 g/mol. The first kappa shape index (κ1) is 14.9. The van der Waals surface area contributed by atoms with Crippen molar-refractivity contribution in [2.75, 3.05) is 6.54 Å². The number of benzene rings is 2. The fourth-order valence-corrected chi connectivity index (χ4v) is 3.83. The molecule has 1 nitrogen and oxygen atoms in total. The molecule has 0 amide bonds. The Balaban J connectivity index is 2.15. The summed E-state index contributed by atoms with van der Waals surface area (Å²) in [6, 6.07) is 12.7. The second-order valence-electron chi connectivity index (χ2n) is 5.88. The number of hydrogen-bond donors (Lipinski definition) is 1. The van der Waals surface area contributed by atoms with Crippen molar-refractivity contribution in [2.45, 2.75) is 32.2 Å². The van der Waals surface area contributed by atoms with Crippen LogP contribution in [0.1, 0.15) is 48.1 Å². The van der Waals surface area contributed by atoms with E-state index >= 15 is 0 Å². The minimum atomic E-state index is 0.150. The number of nitrogens with one attached hydrogen (secondary N) is 1. The maximum Gasteiger partial charge on any atom is 0.0597 e. The van der Waals surface area contributed by atoms with E-state index in [9.17, 15) is 0 Å². The van der Waals surface area contributed by atoms with E-state index in [-0.39, 0.29) is 6.04 Å². The highest BCUT2D eigenvalue weighted by Crippen LogP contribution is 2.38. The normalized spacial score (nSPS) is 17.9. The lowest BCUT2D eigenvalue weighted by atomic mass is 9.85. The van der Waals surface area contributed by atoms with Gasteiger partial charge in [-0.1, -0.05) is 61.3 Å². The highest BCUT2D eigenvalue weighted by Gasteiger charge is 2.26. The summed E-state index contributed by atoms with van der Waals surface area (Å²) < 4.78 is 0. The Morgan fingerprint density at radius 1 is 1.14 bits per heavy atom. The summed E-state index contributed by atoms with van der Waals surface area (Å²) >= 11 is 12.7. The molecule has 110 valence electrons. The number of halogens is 2. The minimum Gasteiger partial charge on any atom is -0.306 e. The third-order valence-corrected chi connectivity index (χ3v) is 4.67. The highest BCUT2D eigenvalue weighted by atomic mass is 35.5. The smallest absolute Gasteiger partial charge is 0.0597 e. The van der Waals surface area contributed by atoms with Crippen LogP contribution in [-0.4, -0.2) is 6.54 Å². The van der Waals surface area contributed by atoms with Crippen molar-refractivity contribution >= 4 is 23.2 Å². The van der Waals surface area contributed by atoms with Crippen molar-refractivity contribution in [2.24, 2.45) is 0 Å². The average Bonchev–Trinajstić information content (AvgIpc) is 2.46.